The van der Waals surface area contributed by atoms with Gasteiger partial charge in [0.2, 0.25) is 0 Å². The molecule has 0 spiro atoms. The zero-order valence-corrected chi connectivity index (χ0v) is 8.48. The molecule has 0 bridgehead atoms. The molecule has 1 aromatic rings. The highest BCUT2D eigenvalue weighted by Crippen LogP contribution is 2.27. The van der Waals surface area contributed by atoms with Crippen LogP contribution < -0.4 is 11.4 Å². The quantitative estimate of drug-likeness (QED) is 0.567. The molecule has 4 N–H and O–H groups in total. The molecular formula is C9H13N3O4. The maximum Gasteiger partial charge on any atom is 0.351 e. The number of nitrogen functional groups attached to an aromatic ring is 1. The van der Waals surface area contributed by atoms with E-state index < -0.39 is 24.1 Å². The molecule has 1 fully saturated rings. The van der Waals surface area contributed by atoms with Crippen molar-refractivity contribution in [2.75, 3.05) is 12.3 Å². The van der Waals surface area contributed by atoms with E-state index in [1.165, 1.54) is 16.8 Å². The third kappa shape index (κ3) is 1.92. The number of nitrogens with zero attached hydrogens (tertiary/aromatic N) is 2. The molecule has 7 heteroatoms. The van der Waals surface area contributed by atoms with Crippen molar-refractivity contribution in [3.63, 3.8) is 0 Å². The van der Waals surface area contributed by atoms with Crippen LogP contribution >= 0.6 is 0 Å². The predicted molar refractivity (Wildman–Crippen MR) is 54.5 cm³/mol. The van der Waals surface area contributed by atoms with Gasteiger partial charge in [0.15, 0.2) is 0 Å². The minimum absolute atomic E-state index is 0.138. The van der Waals surface area contributed by atoms with Gasteiger partial charge in [-0.15, -0.1) is 0 Å². The predicted octanol–water partition coefficient (Wildman–Crippen LogP) is -1.53. The first kappa shape index (κ1) is 11.1. The van der Waals surface area contributed by atoms with Gasteiger partial charge in [0, 0.05) is 12.6 Å². The molecule has 2 heterocycles. The van der Waals surface area contributed by atoms with Gasteiger partial charge >= 0.3 is 5.69 Å². The number of aliphatic hydroxyl groups is 2. The number of nitrogens with two attached hydrogens (primary N) is 1. The molecule has 0 radical (unpaired) electrons. The lowest BCUT2D eigenvalue weighted by Gasteiger charge is -2.13. The molecule has 0 saturated carbocycles. The van der Waals surface area contributed by atoms with Crippen molar-refractivity contribution in [3.05, 3.63) is 22.7 Å². The summed E-state index contributed by atoms with van der Waals surface area (Å²) in [4.78, 5) is 15.0. The zero-order valence-electron chi connectivity index (χ0n) is 8.48. The van der Waals surface area contributed by atoms with Gasteiger partial charge in [0.25, 0.3) is 0 Å². The molecule has 7 nitrogen and oxygen atoms in total. The maximum absolute atomic E-state index is 11.5. The Morgan fingerprint density at radius 3 is 3.06 bits per heavy atom. The largest absolute Gasteiger partial charge is 0.394 e. The number of rotatable bonds is 2. The first-order valence-electron chi connectivity index (χ1n) is 4.91. The van der Waals surface area contributed by atoms with E-state index in [4.69, 9.17) is 15.6 Å². The van der Waals surface area contributed by atoms with Crippen molar-refractivity contribution in [1.82, 2.24) is 9.55 Å². The molecule has 1 aromatic heterocycles. The Kier molecular flexibility index (Phi) is 2.90. The second-order valence-corrected chi connectivity index (χ2v) is 3.66. The van der Waals surface area contributed by atoms with Gasteiger partial charge in [-0.3, -0.25) is 4.57 Å². The van der Waals surface area contributed by atoms with Gasteiger partial charge in [0.05, 0.1) is 12.7 Å². The van der Waals surface area contributed by atoms with E-state index in [1.54, 1.807) is 0 Å². The molecular weight excluding hydrogens is 216 g/mol. The van der Waals surface area contributed by atoms with Gasteiger partial charge < -0.3 is 20.7 Å². The smallest absolute Gasteiger partial charge is 0.351 e. The van der Waals surface area contributed by atoms with Crippen LogP contribution in [0.25, 0.3) is 0 Å². The maximum atomic E-state index is 11.5. The van der Waals surface area contributed by atoms with Crippen LogP contribution in [0.3, 0.4) is 0 Å². The minimum atomic E-state index is -0.778. The number of anilines is 1. The van der Waals surface area contributed by atoms with E-state index in [1.807, 2.05) is 0 Å². The Balaban J connectivity index is 2.23. The van der Waals surface area contributed by atoms with Crippen molar-refractivity contribution in [2.24, 2.45) is 0 Å². The second kappa shape index (κ2) is 4.20. The number of aromatic nitrogens is 2. The molecule has 0 amide bonds. The zero-order chi connectivity index (χ0) is 11.7. The van der Waals surface area contributed by atoms with E-state index in [0.717, 1.165) is 0 Å². The Morgan fingerprint density at radius 2 is 2.50 bits per heavy atom. The summed E-state index contributed by atoms with van der Waals surface area (Å²) in [5, 5.41) is 18.4. The van der Waals surface area contributed by atoms with Crippen LogP contribution in [0.4, 0.5) is 5.82 Å². The number of hydrogen-bond donors (Lipinski definition) is 3. The summed E-state index contributed by atoms with van der Waals surface area (Å²) in [5.74, 6) is 0.138. The van der Waals surface area contributed by atoms with E-state index in [-0.39, 0.29) is 18.8 Å². The molecule has 1 aliphatic heterocycles. The number of aliphatic hydroxyl groups excluding tert-OH is 2. The highest BCUT2D eigenvalue weighted by atomic mass is 16.5. The average molecular weight is 229 g/mol. The van der Waals surface area contributed by atoms with Gasteiger partial charge in [-0.1, -0.05) is 0 Å². The molecule has 2 rings (SSSR count). The fourth-order valence-electron chi connectivity index (χ4n) is 1.70. The summed E-state index contributed by atoms with van der Waals surface area (Å²) in [7, 11) is 0. The van der Waals surface area contributed by atoms with Crippen molar-refractivity contribution < 1.29 is 14.9 Å². The highest BCUT2D eigenvalue weighted by molar-refractivity contribution is 5.23. The monoisotopic (exact) mass is 229 g/mol. The van der Waals surface area contributed by atoms with Gasteiger partial charge in [-0.2, -0.15) is 4.98 Å². The summed E-state index contributed by atoms with van der Waals surface area (Å²) in [5.41, 5.74) is 4.82. The topological polar surface area (TPSA) is 111 Å². The van der Waals surface area contributed by atoms with Crippen LogP contribution in [0.1, 0.15) is 12.6 Å². The van der Waals surface area contributed by atoms with Crippen LogP contribution in [0.5, 0.6) is 0 Å². The summed E-state index contributed by atoms with van der Waals surface area (Å²) >= 11 is 0. The number of hydrogen-bond acceptors (Lipinski definition) is 6. The molecule has 16 heavy (non-hydrogen) atoms. The second-order valence-electron chi connectivity index (χ2n) is 3.66. The van der Waals surface area contributed by atoms with Gasteiger partial charge in [-0.05, 0) is 6.07 Å². The lowest BCUT2D eigenvalue weighted by atomic mass is 10.2. The lowest BCUT2D eigenvalue weighted by Crippen LogP contribution is -2.27. The van der Waals surface area contributed by atoms with Crippen LogP contribution in [0, 0.1) is 0 Å². The molecule has 1 saturated heterocycles. The van der Waals surface area contributed by atoms with Gasteiger partial charge in [0.1, 0.15) is 18.1 Å². The molecule has 0 aromatic carbocycles. The number of ether oxygens (including phenoxy) is 1. The van der Waals surface area contributed by atoms with Crippen LogP contribution in [0.15, 0.2) is 17.1 Å². The molecule has 0 aliphatic carbocycles. The summed E-state index contributed by atoms with van der Waals surface area (Å²) < 4.78 is 6.56. The Hall–Kier alpha value is -1.44. The van der Waals surface area contributed by atoms with Crippen LogP contribution in [-0.2, 0) is 4.74 Å². The standard InChI is InChI=1S/C9H13N3O4/c10-7-1-2-12(9(15)11-7)8-3-5(14)6(4-13)16-8/h1-2,5-6,8,13-14H,3-4H2,(H2,10,11,15)/t5-,6+,8+/m0/s1/i9+2. The Labute approximate surface area is 91.1 Å². The van der Waals surface area contributed by atoms with Crippen LogP contribution in [0.2, 0.25) is 0 Å². The fraction of sp³-hybridized carbons (Fsp3) is 0.556. The van der Waals surface area contributed by atoms with E-state index in [9.17, 15) is 9.90 Å². The van der Waals surface area contributed by atoms with Crippen molar-refractivity contribution in [3.8, 4) is 0 Å². The summed E-state index contributed by atoms with van der Waals surface area (Å²) in [6, 6.07) is 1.48. The van der Waals surface area contributed by atoms with Crippen molar-refractivity contribution >= 4 is 5.82 Å². The van der Waals surface area contributed by atoms with Gasteiger partial charge in [-0.25, -0.2) is 4.79 Å². The van der Waals surface area contributed by atoms with Crippen molar-refractivity contribution in [1.29, 1.82) is 0 Å². The summed E-state index contributed by atoms with van der Waals surface area (Å²) in [6.07, 6.45) is -0.333. The third-order valence-corrected chi connectivity index (χ3v) is 2.55. The highest BCUT2D eigenvalue weighted by Gasteiger charge is 2.34. The minimum Gasteiger partial charge on any atom is -0.394 e. The Morgan fingerprint density at radius 1 is 1.75 bits per heavy atom. The SMILES string of the molecule is Nc1ccn([C@H]2C[C@H](O)[C@@H](CO)O2)[14c](=O)n1. The molecule has 0 unspecified atom stereocenters. The van der Waals surface area contributed by atoms with Crippen LogP contribution in [-0.4, -0.2) is 38.6 Å². The molecule has 1 aliphatic rings. The first-order valence-corrected chi connectivity index (χ1v) is 4.91. The molecule has 3 atom stereocenters. The first-order chi connectivity index (χ1) is 7.61. The molecule has 88 valence electrons. The lowest BCUT2D eigenvalue weighted by molar-refractivity contribution is -0.0458. The normalized spacial score (nSPS) is 29.5. The average Bonchev–Trinajstić information content (AvgIpc) is 2.59. The van der Waals surface area contributed by atoms with E-state index >= 15 is 0 Å². The van der Waals surface area contributed by atoms with Crippen molar-refractivity contribution in [2.45, 2.75) is 24.9 Å². The Bertz CT molecular complexity index is 433. The summed E-state index contributed by atoms with van der Waals surface area (Å²) in [6.45, 7) is -0.283. The van der Waals surface area contributed by atoms with E-state index in [0.29, 0.717) is 0 Å². The fourth-order valence-corrected chi connectivity index (χ4v) is 1.70. The third-order valence-electron chi connectivity index (χ3n) is 2.55. The van der Waals surface area contributed by atoms with E-state index in [2.05, 4.69) is 4.98 Å².